The number of nitrogens with zero attached hydrogens (tertiary/aromatic N) is 2. The zero-order valence-electron chi connectivity index (χ0n) is 83.6. The Balaban J connectivity index is 5.74. The van der Waals surface area contributed by atoms with E-state index < -0.39 is 0 Å². The average molecular weight is 1740 g/mol. The molecular formula is C109H212N4O10. The van der Waals surface area contributed by atoms with Crippen molar-refractivity contribution in [2.24, 2.45) is 0 Å². The van der Waals surface area contributed by atoms with Gasteiger partial charge in [0.2, 0.25) is 11.8 Å². The molecule has 2 amide bonds. The quantitative estimate of drug-likeness (QED) is 0.0336. The molecule has 0 atom stereocenters. The molecular weight excluding hydrogens is 1530 g/mol. The van der Waals surface area contributed by atoms with Crippen molar-refractivity contribution in [2.45, 2.75) is 613 Å². The van der Waals surface area contributed by atoms with Crippen LogP contribution in [0, 0.1) is 0 Å². The van der Waals surface area contributed by atoms with Gasteiger partial charge in [-0.15, -0.1) is 0 Å². The van der Waals surface area contributed by atoms with Gasteiger partial charge in [0.1, 0.15) is 24.4 Å². The topological polar surface area (TPSA) is 170 Å². The molecule has 0 saturated carbocycles. The van der Waals surface area contributed by atoms with Crippen molar-refractivity contribution in [2.75, 3.05) is 52.4 Å². The smallest absolute Gasteiger partial charge is 0.306 e. The molecule has 0 spiro atoms. The number of hydrogen-bond acceptors (Lipinski definition) is 12. The maximum atomic E-state index is 13.4. The molecule has 0 heterocycles. The van der Waals surface area contributed by atoms with Crippen molar-refractivity contribution in [1.29, 1.82) is 0 Å². The molecule has 728 valence electrons. The molecule has 0 bridgehead atoms. The van der Waals surface area contributed by atoms with Crippen LogP contribution in [0.4, 0.5) is 0 Å². The van der Waals surface area contributed by atoms with Crippen LogP contribution in [0.2, 0.25) is 0 Å². The summed E-state index contributed by atoms with van der Waals surface area (Å²) in [5.74, 6) is -0.0563. The summed E-state index contributed by atoms with van der Waals surface area (Å²) in [6, 6.07) is 0. The van der Waals surface area contributed by atoms with Gasteiger partial charge in [-0.3, -0.25) is 28.8 Å². The van der Waals surface area contributed by atoms with Crippen LogP contribution < -0.4 is 10.6 Å². The van der Waals surface area contributed by atoms with Gasteiger partial charge in [0.05, 0.1) is 0 Å². The normalized spacial score (nSPS) is 11.8. The van der Waals surface area contributed by atoms with Crippen LogP contribution in [0.5, 0.6) is 0 Å². The summed E-state index contributed by atoms with van der Waals surface area (Å²) in [6.07, 6.45) is 92.4. The average Bonchev–Trinajstić information content (AvgIpc) is 0.974. The SMILES string of the molecule is CCCCCCCCC(CCCCCCCC)OC(=O)CCCCCCCN(CCCCCCCC(=O)OC(CCCCCCCC)CCCCCCCC)CCNC(=O)CCCC(=O)NCCN(CCCCCCCC(=O)OC(CCCCCCCC)CCCCCCCC)CCCCCCCC(=O)OC(CCCCCCCC)CCCCCCCC. The lowest BCUT2D eigenvalue weighted by atomic mass is 10.0. The number of ether oxygens (including phenoxy) is 4. The van der Waals surface area contributed by atoms with E-state index in [1.54, 1.807) is 0 Å². The second-order valence-corrected chi connectivity index (χ2v) is 38.2. The number of hydrogen-bond donors (Lipinski definition) is 2. The zero-order valence-corrected chi connectivity index (χ0v) is 83.6. The number of unbranched alkanes of at least 4 members (excludes halogenated alkanes) is 56. The van der Waals surface area contributed by atoms with Crippen molar-refractivity contribution < 1.29 is 47.7 Å². The van der Waals surface area contributed by atoms with Gasteiger partial charge in [-0.25, -0.2) is 0 Å². The Morgan fingerprint density at radius 3 is 0.512 bits per heavy atom. The Kier molecular flexibility index (Phi) is 95.2. The predicted octanol–water partition coefficient (Wildman–Crippen LogP) is 32.0. The monoisotopic (exact) mass is 1740 g/mol. The first-order chi connectivity index (χ1) is 60.4. The Labute approximate surface area is 764 Å². The van der Waals surface area contributed by atoms with Crippen LogP contribution >= 0.6 is 0 Å². The fourth-order valence-corrected chi connectivity index (χ4v) is 17.8. The molecule has 14 nitrogen and oxygen atoms in total. The van der Waals surface area contributed by atoms with Gasteiger partial charge < -0.3 is 39.4 Å². The van der Waals surface area contributed by atoms with Crippen LogP contribution in [-0.4, -0.2) is 122 Å². The van der Waals surface area contributed by atoms with Gasteiger partial charge in [-0.1, -0.05) is 389 Å². The highest BCUT2D eigenvalue weighted by Crippen LogP contribution is 2.25. The molecule has 0 radical (unpaired) electrons. The van der Waals surface area contributed by atoms with E-state index in [4.69, 9.17) is 18.9 Å². The minimum Gasteiger partial charge on any atom is -0.462 e. The van der Waals surface area contributed by atoms with Crippen molar-refractivity contribution in [3.05, 3.63) is 0 Å². The Morgan fingerprint density at radius 2 is 0.333 bits per heavy atom. The van der Waals surface area contributed by atoms with E-state index in [2.05, 4.69) is 75.8 Å². The van der Waals surface area contributed by atoms with Crippen LogP contribution in [-0.2, 0) is 47.7 Å². The number of rotatable bonds is 102. The van der Waals surface area contributed by atoms with E-state index >= 15 is 0 Å². The highest BCUT2D eigenvalue weighted by atomic mass is 16.6. The lowest BCUT2D eigenvalue weighted by molar-refractivity contribution is -0.151. The summed E-state index contributed by atoms with van der Waals surface area (Å²) in [6.45, 7) is 24.7. The van der Waals surface area contributed by atoms with E-state index in [1.165, 1.54) is 257 Å². The summed E-state index contributed by atoms with van der Waals surface area (Å²) in [7, 11) is 0. The second-order valence-electron chi connectivity index (χ2n) is 38.2. The minimum atomic E-state index is -0.0120. The molecule has 0 aliphatic heterocycles. The van der Waals surface area contributed by atoms with Gasteiger partial charge in [0, 0.05) is 64.7 Å². The Hall–Kier alpha value is -3.26. The molecule has 0 aliphatic carbocycles. The van der Waals surface area contributed by atoms with E-state index in [1.807, 2.05) is 0 Å². The molecule has 0 rings (SSSR count). The molecule has 14 heteroatoms. The van der Waals surface area contributed by atoms with E-state index in [9.17, 15) is 28.8 Å². The van der Waals surface area contributed by atoms with Gasteiger partial charge in [-0.2, -0.15) is 0 Å². The molecule has 0 unspecified atom stereocenters. The lowest BCUT2D eigenvalue weighted by Crippen LogP contribution is -2.36. The fourth-order valence-electron chi connectivity index (χ4n) is 17.8. The Morgan fingerprint density at radius 1 is 0.179 bits per heavy atom. The molecule has 0 aromatic carbocycles. The van der Waals surface area contributed by atoms with Crippen molar-refractivity contribution in [1.82, 2.24) is 20.4 Å². The van der Waals surface area contributed by atoms with Crippen LogP contribution in [0.25, 0.3) is 0 Å². The van der Waals surface area contributed by atoms with E-state index in [0.29, 0.717) is 58.0 Å². The maximum Gasteiger partial charge on any atom is 0.306 e. The van der Waals surface area contributed by atoms with Crippen LogP contribution in [0.15, 0.2) is 0 Å². The standard InChI is InChI=1S/C109H212N4O10/c1-9-17-25-33-45-61-78-100(79-62-46-34-26-18-10-2)120-106(116)88-69-53-41-57-73-94-112(95-74-58-42-54-70-89-107(117)121-101(80-63-47-35-27-19-11-3)81-64-48-36-28-20-12-4)98-92-110-104(114)86-77-87-105(115)111-93-99-113(96-75-59-43-55-71-90-108(118)122-102(82-65-49-37-29-21-13-5)83-66-50-38-30-22-14-6)97-76-60-44-56-72-91-109(119)123-103(84-67-51-39-31-23-15-7)85-68-52-40-32-24-16-8/h100-103H,9-99H2,1-8H3,(H,110,114)(H,111,115). The van der Waals surface area contributed by atoms with Gasteiger partial charge >= 0.3 is 23.9 Å². The third-order valence-corrected chi connectivity index (χ3v) is 26.0. The predicted molar refractivity (Wildman–Crippen MR) is 527 cm³/mol. The number of amides is 2. The molecule has 123 heavy (non-hydrogen) atoms. The van der Waals surface area contributed by atoms with Gasteiger partial charge in [0.25, 0.3) is 0 Å². The molecule has 0 aliphatic rings. The molecule has 0 aromatic rings. The summed E-state index contributed by atoms with van der Waals surface area (Å²) >= 11 is 0. The fraction of sp³-hybridized carbons (Fsp3) is 0.945. The first kappa shape index (κ1) is 120. The number of carbonyl (C=O) groups is 6. The number of nitrogens with one attached hydrogen (secondary N) is 2. The second kappa shape index (κ2) is 97.8. The zero-order chi connectivity index (χ0) is 89.5. The Bertz CT molecular complexity index is 1890. The third kappa shape index (κ3) is 89.1. The van der Waals surface area contributed by atoms with E-state index in [0.717, 1.165) is 270 Å². The summed E-state index contributed by atoms with van der Waals surface area (Å²) in [5, 5.41) is 6.42. The third-order valence-electron chi connectivity index (χ3n) is 26.0. The van der Waals surface area contributed by atoms with Gasteiger partial charge in [-0.05, 0) is 187 Å². The first-order valence-corrected chi connectivity index (χ1v) is 55.1. The molecule has 0 saturated heterocycles. The highest BCUT2D eigenvalue weighted by molar-refractivity contribution is 5.78. The largest absolute Gasteiger partial charge is 0.462 e. The van der Waals surface area contributed by atoms with E-state index in [-0.39, 0.29) is 60.1 Å². The van der Waals surface area contributed by atoms with Crippen molar-refractivity contribution in [3.63, 3.8) is 0 Å². The molecule has 2 N–H and O–H groups in total. The minimum absolute atomic E-state index is 0.00406. The van der Waals surface area contributed by atoms with Crippen molar-refractivity contribution >= 4 is 35.7 Å². The number of esters is 4. The van der Waals surface area contributed by atoms with Crippen LogP contribution in [0.3, 0.4) is 0 Å². The lowest BCUT2D eigenvalue weighted by Gasteiger charge is -2.23. The van der Waals surface area contributed by atoms with Crippen LogP contribution in [0.1, 0.15) is 588 Å². The molecule has 0 fully saturated rings. The van der Waals surface area contributed by atoms with Gasteiger partial charge in [0.15, 0.2) is 0 Å². The van der Waals surface area contributed by atoms with Crippen molar-refractivity contribution in [3.8, 4) is 0 Å². The molecule has 0 aromatic heterocycles. The first-order valence-electron chi connectivity index (χ1n) is 55.1. The maximum absolute atomic E-state index is 13.4. The summed E-state index contributed by atoms with van der Waals surface area (Å²) < 4.78 is 24.7. The highest BCUT2D eigenvalue weighted by Gasteiger charge is 2.21. The summed E-state index contributed by atoms with van der Waals surface area (Å²) in [5.41, 5.74) is 0. The number of carbonyl (C=O) groups excluding carboxylic acids is 6. The summed E-state index contributed by atoms with van der Waals surface area (Å²) in [4.78, 5) is 84.7.